The lowest BCUT2D eigenvalue weighted by atomic mass is 10.3. The number of hydrogen-bond acceptors (Lipinski definition) is 4. The van der Waals surface area contributed by atoms with Crippen LogP contribution >= 0.6 is 11.6 Å². The summed E-state index contributed by atoms with van der Waals surface area (Å²) < 4.78 is 0. The van der Waals surface area contributed by atoms with Crippen LogP contribution in [-0.2, 0) is 11.2 Å². The third-order valence-corrected chi connectivity index (χ3v) is 2.69. The van der Waals surface area contributed by atoms with Crippen LogP contribution in [-0.4, -0.2) is 21.6 Å². The highest BCUT2D eigenvalue weighted by molar-refractivity contribution is 6.32. The number of allylic oxidation sites excluding steroid dienone is 1. The van der Waals surface area contributed by atoms with Crippen LogP contribution in [0.5, 0.6) is 0 Å². The van der Waals surface area contributed by atoms with Gasteiger partial charge in [-0.05, 0) is 19.4 Å². The van der Waals surface area contributed by atoms with E-state index in [1.165, 1.54) is 6.20 Å². The van der Waals surface area contributed by atoms with Crippen molar-refractivity contribution in [2.45, 2.75) is 26.7 Å². The van der Waals surface area contributed by atoms with Crippen LogP contribution in [0.2, 0.25) is 5.02 Å². The molecule has 0 bridgehead atoms. The highest BCUT2D eigenvalue weighted by Crippen LogP contribution is 2.22. The smallest absolute Gasteiger partial charge is 0.247 e. The van der Waals surface area contributed by atoms with Gasteiger partial charge < -0.3 is 5.32 Å². The van der Waals surface area contributed by atoms with Crippen LogP contribution in [0.1, 0.15) is 26.1 Å². The maximum absolute atomic E-state index is 11.2. The van der Waals surface area contributed by atoms with Gasteiger partial charge in [0.05, 0.1) is 17.6 Å². The van der Waals surface area contributed by atoms with Crippen LogP contribution in [0, 0.1) is 0 Å². The fraction of sp³-hybridized carbons (Fsp3) is 0.286. The van der Waals surface area contributed by atoms with E-state index < -0.39 is 0 Å². The Labute approximate surface area is 123 Å². The molecule has 106 valence electrons. The molecule has 20 heavy (non-hydrogen) atoms. The zero-order chi connectivity index (χ0) is 15.1. The summed E-state index contributed by atoms with van der Waals surface area (Å²) in [4.78, 5) is 23.9. The van der Waals surface area contributed by atoms with Gasteiger partial charge in [0.15, 0.2) is 5.82 Å². The number of nitrogens with zero attached hydrogens (tertiary/aromatic N) is 3. The molecule has 5 nitrogen and oxygen atoms in total. The van der Waals surface area contributed by atoms with Crippen LogP contribution < -0.4 is 5.32 Å². The molecule has 1 amide bonds. The first-order valence-electron chi connectivity index (χ1n) is 6.17. The Kier molecular flexibility index (Phi) is 6.06. The number of rotatable bonds is 6. The molecule has 0 unspecified atom stereocenters. The molecular weight excluding hydrogens is 276 g/mol. The van der Waals surface area contributed by atoms with Crippen LogP contribution in [0.25, 0.3) is 0 Å². The second kappa shape index (κ2) is 7.55. The Morgan fingerprint density at radius 2 is 2.30 bits per heavy atom. The highest BCUT2D eigenvalue weighted by atomic mass is 35.5. The first kappa shape index (κ1) is 16.0. The minimum atomic E-state index is -0.343. The second-order valence-electron chi connectivity index (χ2n) is 4.08. The average molecular weight is 293 g/mol. The minimum absolute atomic E-state index is 0.343. The topological polar surface area (TPSA) is 67.2 Å². The van der Waals surface area contributed by atoms with E-state index in [0.29, 0.717) is 28.1 Å². The van der Waals surface area contributed by atoms with Gasteiger partial charge in [-0.25, -0.2) is 15.0 Å². The third-order valence-electron chi connectivity index (χ3n) is 2.42. The lowest BCUT2D eigenvalue weighted by Gasteiger charge is -2.07. The number of aryl methyl sites for hydroxylation is 1. The normalized spacial score (nSPS) is 11.1. The number of carbonyl (C=O) groups is 1. The Balaban J connectivity index is 2.96. The largest absolute Gasteiger partial charge is 0.321 e. The number of amides is 1. The van der Waals surface area contributed by atoms with Crippen LogP contribution in [0.3, 0.4) is 0 Å². The Morgan fingerprint density at radius 1 is 1.60 bits per heavy atom. The summed E-state index contributed by atoms with van der Waals surface area (Å²) in [6.07, 6.45) is 4.38. The van der Waals surface area contributed by atoms with Crippen molar-refractivity contribution in [2.75, 3.05) is 0 Å². The van der Waals surface area contributed by atoms with Crippen LogP contribution in [0.15, 0.2) is 36.1 Å². The zero-order valence-electron chi connectivity index (χ0n) is 11.6. The summed E-state index contributed by atoms with van der Waals surface area (Å²) in [7, 11) is 0. The summed E-state index contributed by atoms with van der Waals surface area (Å²) in [6.45, 7) is 10.9. The Hall–Kier alpha value is -2.01. The number of aliphatic imine (C=N–C) groups is 1. The second-order valence-corrected chi connectivity index (χ2v) is 4.48. The molecule has 0 aliphatic heterocycles. The predicted molar refractivity (Wildman–Crippen MR) is 81.3 cm³/mol. The van der Waals surface area contributed by atoms with Gasteiger partial charge in [-0.15, -0.1) is 0 Å². The summed E-state index contributed by atoms with van der Waals surface area (Å²) in [5, 5.41) is 2.89. The molecule has 0 saturated carbocycles. The number of aromatic nitrogens is 2. The molecule has 1 heterocycles. The number of hydrogen-bond donors (Lipinski definition) is 1. The summed E-state index contributed by atoms with van der Waals surface area (Å²) in [5.74, 6) is 0.714. The van der Waals surface area contributed by atoms with Gasteiger partial charge in [0, 0.05) is 6.42 Å². The molecule has 0 aliphatic rings. The van der Waals surface area contributed by atoms with Crippen molar-refractivity contribution in [2.24, 2.45) is 4.99 Å². The molecular formula is C14H17ClN4O. The van der Waals surface area contributed by atoms with Gasteiger partial charge in [-0.1, -0.05) is 31.7 Å². The molecule has 6 heteroatoms. The lowest BCUT2D eigenvalue weighted by Crippen LogP contribution is -2.23. The molecule has 0 aromatic carbocycles. The van der Waals surface area contributed by atoms with E-state index >= 15 is 0 Å². The quantitative estimate of drug-likeness (QED) is 0.647. The van der Waals surface area contributed by atoms with Crippen molar-refractivity contribution >= 4 is 29.0 Å². The molecule has 1 rings (SSSR count). The van der Waals surface area contributed by atoms with E-state index in [1.54, 1.807) is 6.92 Å². The SMILES string of the molecule is C=CC(=O)NC(=C)C(C)=Nc1nc(CCC)ncc1Cl. The van der Waals surface area contributed by atoms with E-state index in [4.69, 9.17) is 11.6 Å². The van der Waals surface area contributed by atoms with Crippen molar-refractivity contribution < 1.29 is 4.79 Å². The Bertz CT molecular complexity index is 566. The van der Waals surface area contributed by atoms with Crippen molar-refractivity contribution in [1.29, 1.82) is 0 Å². The van der Waals surface area contributed by atoms with Gasteiger partial charge in [-0.3, -0.25) is 4.79 Å². The predicted octanol–water partition coefficient (Wildman–Crippen LogP) is 2.99. The number of nitrogens with one attached hydrogen (secondary N) is 1. The van der Waals surface area contributed by atoms with Crippen molar-refractivity contribution in [3.8, 4) is 0 Å². The summed E-state index contributed by atoms with van der Waals surface area (Å²) >= 11 is 6.01. The molecule has 0 fully saturated rings. The minimum Gasteiger partial charge on any atom is -0.321 e. The maximum atomic E-state index is 11.2. The first-order chi connectivity index (χ1) is 9.47. The number of halogens is 1. The molecule has 0 spiro atoms. The Morgan fingerprint density at radius 3 is 2.90 bits per heavy atom. The fourth-order valence-electron chi connectivity index (χ4n) is 1.33. The van der Waals surface area contributed by atoms with Crippen molar-refractivity contribution in [3.63, 3.8) is 0 Å². The van der Waals surface area contributed by atoms with Gasteiger partial charge in [0.1, 0.15) is 10.8 Å². The van der Waals surface area contributed by atoms with Crippen molar-refractivity contribution in [1.82, 2.24) is 15.3 Å². The maximum Gasteiger partial charge on any atom is 0.247 e. The number of carbonyl (C=O) groups excluding carboxylic acids is 1. The van der Waals surface area contributed by atoms with Gasteiger partial charge >= 0.3 is 0 Å². The highest BCUT2D eigenvalue weighted by Gasteiger charge is 2.07. The monoisotopic (exact) mass is 292 g/mol. The van der Waals surface area contributed by atoms with Crippen LogP contribution in [0.4, 0.5) is 5.82 Å². The van der Waals surface area contributed by atoms with Crippen molar-refractivity contribution in [3.05, 3.63) is 42.0 Å². The molecule has 1 N–H and O–H groups in total. The standard InChI is InChI=1S/C14H17ClN4O/c1-5-7-12-16-8-11(15)14(19-12)18-10(4)9(3)17-13(20)6-2/h6,8H,2-3,5,7H2,1,4H3,(H,17,20). The molecule has 0 atom stereocenters. The molecule has 0 saturated heterocycles. The summed E-state index contributed by atoms with van der Waals surface area (Å²) in [5.41, 5.74) is 0.893. The molecule has 1 aromatic heterocycles. The van der Waals surface area contributed by atoms with E-state index in [9.17, 15) is 4.79 Å². The summed E-state index contributed by atoms with van der Waals surface area (Å²) in [6, 6.07) is 0. The van der Waals surface area contributed by atoms with E-state index in [-0.39, 0.29) is 5.91 Å². The van der Waals surface area contributed by atoms with E-state index in [1.807, 2.05) is 6.92 Å². The molecule has 0 aliphatic carbocycles. The van der Waals surface area contributed by atoms with E-state index in [0.717, 1.165) is 18.9 Å². The zero-order valence-corrected chi connectivity index (χ0v) is 12.4. The fourth-order valence-corrected chi connectivity index (χ4v) is 1.47. The van der Waals surface area contributed by atoms with Gasteiger partial charge in [0.25, 0.3) is 0 Å². The van der Waals surface area contributed by atoms with Gasteiger partial charge in [-0.2, -0.15) is 0 Å². The molecule has 1 aromatic rings. The molecule has 0 radical (unpaired) electrons. The van der Waals surface area contributed by atoms with Gasteiger partial charge in [0.2, 0.25) is 5.91 Å². The lowest BCUT2D eigenvalue weighted by molar-refractivity contribution is -0.115. The third kappa shape index (κ3) is 4.59. The first-order valence-corrected chi connectivity index (χ1v) is 6.55. The average Bonchev–Trinajstić information content (AvgIpc) is 2.42. The van der Waals surface area contributed by atoms with E-state index in [2.05, 4.69) is 33.4 Å².